The lowest BCUT2D eigenvalue weighted by molar-refractivity contribution is 0.0526. The standard InChI is InChI=1S/C27H29N7O3/c1-27(2,3)37-25(35)28-10-11-34-24-20-12-17(6-9-22(20)30-15-23(24)33(5)26(34)36)18-7-8-21(29-13-18)19-14-31-32(4)16-19/h6-9,12-16H,10-11H2,1-5H3,(H,28,35). The third kappa shape index (κ3) is 4.82. The van der Waals surface area contributed by atoms with E-state index in [1.54, 1.807) is 54.0 Å². The summed E-state index contributed by atoms with van der Waals surface area (Å²) in [5.41, 5.74) is 5.19. The van der Waals surface area contributed by atoms with E-state index in [2.05, 4.69) is 20.4 Å². The van der Waals surface area contributed by atoms with Gasteiger partial charge in [0.1, 0.15) is 5.60 Å². The van der Waals surface area contributed by atoms with Crippen molar-refractivity contribution in [1.29, 1.82) is 0 Å². The van der Waals surface area contributed by atoms with Crippen LogP contribution in [0.3, 0.4) is 0 Å². The summed E-state index contributed by atoms with van der Waals surface area (Å²) in [6, 6.07) is 9.96. The van der Waals surface area contributed by atoms with Crippen LogP contribution in [0.25, 0.3) is 44.3 Å². The Kier molecular flexibility index (Phi) is 6.02. The number of hydrogen-bond acceptors (Lipinski definition) is 6. The first kappa shape index (κ1) is 24.2. The maximum Gasteiger partial charge on any atom is 0.407 e. The molecule has 1 amide bonds. The summed E-state index contributed by atoms with van der Waals surface area (Å²) < 4.78 is 10.3. The number of benzene rings is 1. The third-order valence-corrected chi connectivity index (χ3v) is 6.07. The molecule has 0 fully saturated rings. The Hall–Kier alpha value is -4.47. The number of alkyl carbamates (subject to hydrolysis) is 1. The van der Waals surface area contributed by atoms with Crippen molar-refractivity contribution in [1.82, 2.24) is 34.2 Å². The van der Waals surface area contributed by atoms with E-state index in [-0.39, 0.29) is 12.2 Å². The van der Waals surface area contributed by atoms with Crippen LogP contribution in [0.15, 0.2) is 59.9 Å². The van der Waals surface area contributed by atoms with Gasteiger partial charge in [-0.05, 0) is 44.5 Å². The molecule has 4 heterocycles. The number of nitrogens with zero attached hydrogens (tertiary/aromatic N) is 6. The summed E-state index contributed by atoms with van der Waals surface area (Å²) in [6.07, 6.45) is 6.73. The van der Waals surface area contributed by atoms with Crippen molar-refractivity contribution in [3.8, 4) is 22.4 Å². The molecule has 0 aliphatic rings. The topological polar surface area (TPSA) is 109 Å². The maximum absolute atomic E-state index is 13.1. The number of imidazole rings is 1. The highest BCUT2D eigenvalue weighted by molar-refractivity contribution is 6.04. The predicted octanol–water partition coefficient (Wildman–Crippen LogP) is 3.88. The highest BCUT2D eigenvalue weighted by atomic mass is 16.6. The van der Waals surface area contributed by atoms with E-state index in [0.717, 1.165) is 44.3 Å². The molecular formula is C27H29N7O3. The van der Waals surface area contributed by atoms with Gasteiger partial charge in [-0.3, -0.25) is 23.8 Å². The molecule has 0 aliphatic heterocycles. The summed E-state index contributed by atoms with van der Waals surface area (Å²) in [5, 5.41) is 7.79. The molecule has 0 saturated heterocycles. The van der Waals surface area contributed by atoms with Gasteiger partial charge in [-0.1, -0.05) is 12.1 Å². The van der Waals surface area contributed by atoms with Crippen molar-refractivity contribution < 1.29 is 9.53 Å². The van der Waals surface area contributed by atoms with Gasteiger partial charge in [0.2, 0.25) is 0 Å². The van der Waals surface area contributed by atoms with Gasteiger partial charge in [-0.25, -0.2) is 9.59 Å². The van der Waals surface area contributed by atoms with Crippen LogP contribution >= 0.6 is 0 Å². The second kappa shape index (κ2) is 9.20. The van der Waals surface area contributed by atoms with Gasteiger partial charge >= 0.3 is 11.8 Å². The fraction of sp³-hybridized carbons (Fsp3) is 0.296. The number of carbonyl (C=O) groups excluding carboxylic acids is 1. The van der Waals surface area contributed by atoms with Gasteiger partial charge in [0, 0.05) is 56.1 Å². The van der Waals surface area contributed by atoms with Crippen LogP contribution in [0.5, 0.6) is 0 Å². The van der Waals surface area contributed by atoms with Crippen LogP contribution in [-0.4, -0.2) is 47.1 Å². The van der Waals surface area contributed by atoms with Crippen LogP contribution in [-0.2, 0) is 25.4 Å². The number of aromatic nitrogens is 6. The zero-order chi connectivity index (χ0) is 26.3. The van der Waals surface area contributed by atoms with Crippen LogP contribution in [0.4, 0.5) is 4.79 Å². The average Bonchev–Trinajstić information content (AvgIpc) is 3.39. The van der Waals surface area contributed by atoms with Crippen molar-refractivity contribution in [3.63, 3.8) is 0 Å². The van der Waals surface area contributed by atoms with E-state index in [1.165, 1.54) is 0 Å². The Balaban J connectivity index is 1.50. The zero-order valence-electron chi connectivity index (χ0n) is 21.5. The van der Waals surface area contributed by atoms with Crippen molar-refractivity contribution in [3.05, 3.63) is 65.6 Å². The highest BCUT2D eigenvalue weighted by Crippen LogP contribution is 2.29. The number of pyridine rings is 2. The molecule has 0 radical (unpaired) electrons. The van der Waals surface area contributed by atoms with E-state index >= 15 is 0 Å². The maximum atomic E-state index is 13.1. The molecule has 0 spiro atoms. The summed E-state index contributed by atoms with van der Waals surface area (Å²) in [4.78, 5) is 34.4. The first-order valence-corrected chi connectivity index (χ1v) is 12.0. The second-order valence-electron chi connectivity index (χ2n) is 9.98. The summed E-state index contributed by atoms with van der Waals surface area (Å²) in [6.45, 7) is 5.96. The van der Waals surface area contributed by atoms with E-state index < -0.39 is 11.7 Å². The molecule has 4 aromatic heterocycles. The Morgan fingerprint density at radius 1 is 1.00 bits per heavy atom. The van der Waals surface area contributed by atoms with Crippen LogP contribution < -0.4 is 11.0 Å². The number of hydrogen-bond donors (Lipinski definition) is 1. The SMILES string of the molecule is Cn1cc(-c2ccc(-c3ccc4ncc5c(c4c3)n(CCNC(=O)OC(C)(C)C)c(=O)n5C)cn2)cn1. The molecular weight excluding hydrogens is 470 g/mol. The number of fused-ring (bicyclic) bond motifs is 3. The molecule has 0 atom stereocenters. The third-order valence-electron chi connectivity index (χ3n) is 6.07. The lowest BCUT2D eigenvalue weighted by Crippen LogP contribution is -2.35. The van der Waals surface area contributed by atoms with Crippen molar-refractivity contribution >= 4 is 28.0 Å². The van der Waals surface area contributed by atoms with Gasteiger partial charge in [0.25, 0.3) is 0 Å². The first-order valence-electron chi connectivity index (χ1n) is 12.0. The molecule has 37 heavy (non-hydrogen) atoms. The van der Waals surface area contributed by atoms with E-state index in [9.17, 15) is 9.59 Å². The molecule has 0 aliphatic carbocycles. The van der Waals surface area contributed by atoms with E-state index in [0.29, 0.717) is 6.54 Å². The van der Waals surface area contributed by atoms with Gasteiger partial charge in [-0.2, -0.15) is 5.10 Å². The smallest absolute Gasteiger partial charge is 0.407 e. The second-order valence-corrected chi connectivity index (χ2v) is 9.98. The monoisotopic (exact) mass is 499 g/mol. The number of carbonyl (C=O) groups is 1. The molecule has 10 heteroatoms. The first-order chi connectivity index (χ1) is 17.6. The van der Waals surface area contributed by atoms with Crippen molar-refractivity contribution in [2.45, 2.75) is 32.9 Å². The van der Waals surface area contributed by atoms with Crippen molar-refractivity contribution in [2.75, 3.05) is 6.54 Å². The van der Waals surface area contributed by atoms with Gasteiger partial charge in [0.15, 0.2) is 0 Å². The summed E-state index contributed by atoms with van der Waals surface area (Å²) in [7, 11) is 3.60. The molecule has 0 unspecified atom stereocenters. The number of amides is 1. The van der Waals surface area contributed by atoms with Gasteiger partial charge < -0.3 is 10.1 Å². The predicted molar refractivity (Wildman–Crippen MR) is 142 cm³/mol. The van der Waals surface area contributed by atoms with Crippen molar-refractivity contribution in [2.24, 2.45) is 14.1 Å². The van der Waals surface area contributed by atoms with Crippen LogP contribution in [0, 0.1) is 0 Å². The Morgan fingerprint density at radius 2 is 1.78 bits per heavy atom. The molecule has 0 bridgehead atoms. The minimum absolute atomic E-state index is 0.178. The highest BCUT2D eigenvalue weighted by Gasteiger charge is 2.18. The van der Waals surface area contributed by atoms with E-state index in [4.69, 9.17) is 4.74 Å². The summed E-state index contributed by atoms with van der Waals surface area (Å²) >= 11 is 0. The number of aryl methyl sites for hydroxylation is 2. The molecule has 5 aromatic rings. The van der Waals surface area contributed by atoms with Crippen LogP contribution in [0.2, 0.25) is 0 Å². The summed E-state index contributed by atoms with van der Waals surface area (Å²) in [5.74, 6) is 0. The minimum atomic E-state index is -0.594. The zero-order valence-corrected chi connectivity index (χ0v) is 21.5. The molecule has 1 N–H and O–H groups in total. The quantitative estimate of drug-likeness (QED) is 0.393. The number of ether oxygens (including phenoxy) is 1. The minimum Gasteiger partial charge on any atom is -0.444 e. The van der Waals surface area contributed by atoms with Crippen LogP contribution in [0.1, 0.15) is 20.8 Å². The fourth-order valence-corrected chi connectivity index (χ4v) is 4.34. The normalized spacial score (nSPS) is 11.8. The molecule has 5 rings (SSSR count). The average molecular weight is 500 g/mol. The Labute approximate surface area is 213 Å². The largest absolute Gasteiger partial charge is 0.444 e. The molecule has 10 nitrogen and oxygen atoms in total. The Bertz CT molecular complexity index is 1670. The number of rotatable bonds is 5. The molecule has 1 aromatic carbocycles. The lowest BCUT2D eigenvalue weighted by atomic mass is 10.0. The Morgan fingerprint density at radius 3 is 2.46 bits per heavy atom. The van der Waals surface area contributed by atoms with Gasteiger partial charge in [0.05, 0.1) is 34.6 Å². The fourth-order valence-electron chi connectivity index (χ4n) is 4.34. The van der Waals surface area contributed by atoms with E-state index in [1.807, 2.05) is 49.8 Å². The molecule has 190 valence electrons. The van der Waals surface area contributed by atoms with Gasteiger partial charge in [-0.15, -0.1) is 0 Å². The molecule has 0 saturated carbocycles. The number of nitrogens with one attached hydrogen (secondary N) is 1. The lowest BCUT2D eigenvalue weighted by Gasteiger charge is -2.19.